The molecule has 1 unspecified atom stereocenters. The van der Waals surface area contributed by atoms with Crippen LogP contribution in [0.4, 0.5) is 0 Å². The van der Waals surface area contributed by atoms with Gasteiger partial charge >= 0.3 is 5.97 Å². The fourth-order valence-electron chi connectivity index (χ4n) is 0.340. The summed E-state index contributed by atoms with van der Waals surface area (Å²) in [6.07, 6.45) is -0.133. The number of carbonyl (C=O) groups is 1. The van der Waals surface area contributed by atoms with Crippen LogP contribution in [0.2, 0.25) is 0 Å². The maximum atomic E-state index is 10.0. The van der Waals surface area contributed by atoms with Gasteiger partial charge in [-0.05, 0) is 0 Å². The number of rotatable bonds is 3. The topological polar surface area (TPSA) is 81.3 Å². The second kappa shape index (κ2) is 3.87. The van der Waals surface area contributed by atoms with Crippen LogP contribution in [-0.2, 0) is 4.79 Å². The maximum Gasteiger partial charge on any atom is 0.309 e. The largest absolute Gasteiger partial charge is 0.481 e. The molecule has 50 valence electrons. The standard InChI is InChI=1S/C5H7NO3/c6-2-1-4(3-7)5(8)9/h4,7H,1,3H2,(H,8,9). The quantitative estimate of drug-likeness (QED) is 0.542. The van der Waals surface area contributed by atoms with Crippen molar-refractivity contribution in [3.63, 3.8) is 0 Å². The third-order valence-electron chi connectivity index (χ3n) is 0.907. The van der Waals surface area contributed by atoms with Gasteiger partial charge in [0.2, 0.25) is 0 Å². The molecule has 0 spiro atoms. The second-order valence-corrected chi connectivity index (χ2v) is 1.58. The SMILES string of the molecule is N#CCC(CO)C(=O)O. The lowest BCUT2D eigenvalue weighted by Crippen LogP contribution is -2.16. The first-order valence-corrected chi connectivity index (χ1v) is 2.43. The van der Waals surface area contributed by atoms with Gasteiger partial charge in [0, 0.05) is 0 Å². The Morgan fingerprint density at radius 2 is 2.33 bits per heavy atom. The molecular weight excluding hydrogens is 122 g/mol. The predicted molar refractivity (Wildman–Crippen MR) is 28.4 cm³/mol. The normalized spacial score (nSPS) is 12.0. The molecule has 0 rings (SSSR count). The summed E-state index contributed by atoms with van der Waals surface area (Å²) < 4.78 is 0. The Hall–Kier alpha value is -1.08. The Labute approximate surface area is 52.3 Å². The molecule has 0 bridgehead atoms. The molecule has 4 heteroatoms. The molecule has 0 fully saturated rings. The highest BCUT2D eigenvalue weighted by Gasteiger charge is 2.14. The first-order valence-electron chi connectivity index (χ1n) is 2.43. The Morgan fingerprint density at radius 3 is 2.44 bits per heavy atom. The monoisotopic (exact) mass is 129 g/mol. The van der Waals surface area contributed by atoms with Gasteiger partial charge < -0.3 is 10.2 Å². The number of hydrogen-bond acceptors (Lipinski definition) is 3. The van der Waals surface area contributed by atoms with E-state index >= 15 is 0 Å². The predicted octanol–water partition coefficient (Wildman–Crippen LogP) is -0.407. The van der Waals surface area contributed by atoms with Gasteiger partial charge in [-0.3, -0.25) is 4.79 Å². The summed E-state index contributed by atoms with van der Waals surface area (Å²) in [5.41, 5.74) is 0. The van der Waals surface area contributed by atoms with Crippen LogP contribution in [0, 0.1) is 17.2 Å². The molecule has 0 radical (unpaired) electrons. The van der Waals surface area contributed by atoms with E-state index in [1.165, 1.54) is 0 Å². The van der Waals surface area contributed by atoms with Gasteiger partial charge in [0.15, 0.2) is 0 Å². The molecule has 0 saturated heterocycles. The van der Waals surface area contributed by atoms with Crippen molar-refractivity contribution in [3.8, 4) is 6.07 Å². The summed E-state index contributed by atoms with van der Waals surface area (Å²) >= 11 is 0. The van der Waals surface area contributed by atoms with Crippen molar-refractivity contribution in [3.05, 3.63) is 0 Å². The molecule has 0 aromatic carbocycles. The summed E-state index contributed by atoms with van der Waals surface area (Å²) in [6.45, 7) is -0.469. The summed E-state index contributed by atoms with van der Waals surface area (Å²) in [6, 6.07) is 1.66. The van der Waals surface area contributed by atoms with Crippen LogP contribution in [0.25, 0.3) is 0 Å². The lowest BCUT2D eigenvalue weighted by atomic mass is 10.1. The van der Waals surface area contributed by atoms with E-state index in [0.717, 1.165) is 0 Å². The van der Waals surface area contributed by atoms with Crippen LogP contribution in [0.1, 0.15) is 6.42 Å². The van der Waals surface area contributed by atoms with Gasteiger partial charge in [0.05, 0.1) is 25.0 Å². The van der Waals surface area contributed by atoms with E-state index in [9.17, 15) is 4.79 Å². The zero-order chi connectivity index (χ0) is 7.28. The number of carboxylic acids is 1. The van der Waals surface area contributed by atoms with E-state index in [1.54, 1.807) is 6.07 Å². The summed E-state index contributed by atoms with van der Waals surface area (Å²) in [7, 11) is 0. The van der Waals surface area contributed by atoms with Gasteiger partial charge in [0.25, 0.3) is 0 Å². The zero-order valence-corrected chi connectivity index (χ0v) is 4.74. The van der Waals surface area contributed by atoms with Crippen molar-refractivity contribution in [2.75, 3.05) is 6.61 Å². The number of nitrogens with zero attached hydrogens (tertiary/aromatic N) is 1. The van der Waals surface area contributed by atoms with E-state index in [2.05, 4.69) is 0 Å². The molecule has 0 heterocycles. The molecule has 2 N–H and O–H groups in total. The lowest BCUT2D eigenvalue weighted by molar-refractivity contribution is -0.142. The number of nitriles is 1. The van der Waals surface area contributed by atoms with Crippen molar-refractivity contribution < 1.29 is 15.0 Å². The van der Waals surface area contributed by atoms with Gasteiger partial charge in [-0.1, -0.05) is 0 Å². The number of aliphatic carboxylic acids is 1. The third-order valence-corrected chi connectivity index (χ3v) is 0.907. The molecule has 0 aromatic rings. The van der Waals surface area contributed by atoms with Crippen LogP contribution < -0.4 is 0 Å². The molecule has 0 aliphatic rings. The highest BCUT2D eigenvalue weighted by Crippen LogP contribution is 1.99. The number of carboxylic acid groups (broad SMARTS) is 1. The first kappa shape index (κ1) is 7.92. The lowest BCUT2D eigenvalue weighted by Gasteiger charge is -2.00. The molecular formula is C5H7NO3. The minimum Gasteiger partial charge on any atom is -0.481 e. The van der Waals surface area contributed by atoms with Crippen LogP contribution in [-0.4, -0.2) is 22.8 Å². The van der Waals surface area contributed by atoms with Crippen LogP contribution in [0.15, 0.2) is 0 Å². The van der Waals surface area contributed by atoms with Crippen molar-refractivity contribution in [2.24, 2.45) is 5.92 Å². The molecule has 9 heavy (non-hydrogen) atoms. The highest BCUT2D eigenvalue weighted by molar-refractivity contribution is 5.70. The second-order valence-electron chi connectivity index (χ2n) is 1.58. The van der Waals surface area contributed by atoms with E-state index in [4.69, 9.17) is 15.5 Å². The smallest absolute Gasteiger partial charge is 0.309 e. The average Bonchev–Trinajstić information content (AvgIpc) is 1.82. The Balaban J connectivity index is 3.71. The molecule has 4 nitrogen and oxygen atoms in total. The van der Waals surface area contributed by atoms with Gasteiger partial charge in [-0.15, -0.1) is 0 Å². The molecule has 0 aliphatic heterocycles. The first-order chi connectivity index (χ1) is 4.22. The highest BCUT2D eigenvalue weighted by atomic mass is 16.4. The van der Waals surface area contributed by atoms with Crippen molar-refractivity contribution in [2.45, 2.75) is 6.42 Å². The molecule has 1 atom stereocenters. The van der Waals surface area contributed by atoms with Crippen molar-refractivity contribution >= 4 is 5.97 Å². The number of hydrogen-bond donors (Lipinski definition) is 2. The Bertz CT molecular complexity index is 138. The average molecular weight is 129 g/mol. The molecule has 0 saturated carbocycles. The fourth-order valence-corrected chi connectivity index (χ4v) is 0.340. The zero-order valence-electron chi connectivity index (χ0n) is 4.74. The van der Waals surface area contributed by atoms with Gasteiger partial charge in [-0.25, -0.2) is 0 Å². The summed E-state index contributed by atoms with van der Waals surface area (Å²) in [5.74, 6) is -2.05. The molecule has 0 amide bonds. The Kier molecular flexibility index (Phi) is 3.40. The number of aliphatic hydroxyl groups is 1. The van der Waals surface area contributed by atoms with Crippen molar-refractivity contribution in [1.82, 2.24) is 0 Å². The maximum absolute atomic E-state index is 10.0. The molecule has 0 aliphatic carbocycles. The fraction of sp³-hybridized carbons (Fsp3) is 0.600. The Morgan fingerprint density at radius 1 is 1.78 bits per heavy atom. The van der Waals surface area contributed by atoms with Crippen LogP contribution >= 0.6 is 0 Å². The van der Waals surface area contributed by atoms with E-state index < -0.39 is 18.5 Å². The molecule has 0 aromatic heterocycles. The van der Waals surface area contributed by atoms with Gasteiger partial charge in [-0.2, -0.15) is 5.26 Å². The summed E-state index contributed by atoms with van der Waals surface area (Å²) in [4.78, 5) is 10.0. The minimum absolute atomic E-state index is 0.133. The minimum atomic E-state index is -1.13. The van der Waals surface area contributed by atoms with E-state index in [-0.39, 0.29) is 6.42 Å². The third kappa shape index (κ3) is 2.67. The van der Waals surface area contributed by atoms with Crippen LogP contribution in [0.5, 0.6) is 0 Å². The van der Waals surface area contributed by atoms with E-state index in [1.807, 2.05) is 0 Å². The number of aliphatic hydroxyl groups excluding tert-OH is 1. The van der Waals surface area contributed by atoms with Crippen LogP contribution in [0.3, 0.4) is 0 Å². The summed E-state index contributed by atoms with van der Waals surface area (Å²) in [5, 5.41) is 24.5. The van der Waals surface area contributed by atoms with E-state index in [0.29, 0.717) is 0 Å². The van der Waals surface area contributed by atoms with Crippen molar-refractivity contribution in [1.29, 1.82) is 5.26 Å². The van der Waals surface area contributed by atoms with Gasteiger partial charge in [0.1, 0.15) is 0 Å².